The topological polar surface area (TPSA) is 12.0 Å². The fourth-order valence-electron chi connectivity index (χ4n) is 2.77. The first-order chi connectivity index (χ1) is 8.92. The summed E-state index contributed by atoms with van der Waals surface area (Å²) in [4.78, 5) is 0. The van der Waals surface area contributed by atoms with Crippen LogP contribution in [0.15, 0.2) is 18.2 Å². The van der Waals surface area contributed by atoms with Crippen LogP contribution in [0.1, 0.15) is 23.1 Å². The molecule has 98 valence electrons. The number of fused-ring (bicyclic) bond motifs is 1. The van der Waals surface area contributed by atoms with Crippen LogP contribution >= 0.6 is 23.5 Å². The molecule has 1 unspecified atom stereocenters. The quantitative estimate of drug-likeness (QED) is 0.909. The molecule has 1 fully saturated rings. The van der Waals surface area contributed by atoms with Gasteiger partial charge in [0.05, 0.1) is 0 Å². The minimum absolute atomic E-state index is 0.818. The molecule has 1 aliphatic heterocycles. The van der Waals surface area contributed by atoms with Crippen LogP contribution in [0.4, 0.5) is 0 Å². The van der Waals surface area contributed by atoms with Gasteiger partial charge in [0.25, 0.3) is 0 Å². The minimum atomic E-state index is 0.818. The first-order valence-corrected chi connectivity index (χ1v) is 9.13. The van der Waals surface area contributed by atoms with Gasteiger partial charge in [0, 0.05) is 35.6 Å². The number of benzene rings is 1. The lowest BCUT2D eigenvalue weighted by Gasteiger charge is -2.21. The highest BCUT2D eigenvalue weighted by molar-refractivity contribution is 8.06. The Morgan fingerprint density at radius 3 is 3.00 bits per heavy atom. The first kappa shape index (κ1) is 12.9. The zero-order valence-electron chi connectivity index (χ0n) is 10.8. The maximum Gasteiger partial charge on any atom is 0.0263 e. The number of nitrogens with one attached hydrogen (secondary N) is 1. The SMILES string of the molecule is c1cc2c(cc1CNCC1CSCCS1)CCC2. The zero-order chi connectivity index (χ0) is 12.2. The van der Waals surface area contributed by atoms with E-state index in [1.165, 1.54) is 42.1 Å². The van der Waals surface area contributed by atoms with Gasteiger partial charge in [-0.2, -0.15) is 23.5 Å². The van der Waals surface area contributed by atoms with E-state index in [0.717, 1.165) is 18.3 Å². The van der Waals surface area contributed by atoms with E-state index in [0.29, 0.717) is 0 Å². The monoisotopic (exact) mass is 279 g/mol. The van der Waals surface area contributed by atoms with Crippen LogP contribution in [0, 0.1) is 0 Å². The van der Waals surface area contributed by atoms with Crippen molar-refractivity contribution >= 4 is 23.5 Å². The number of thioether (sulfide) groups is 2. The lowest BCUT2D eigenvalue weighted by atomic mass is 10.1. The van der Waals surface area contributed by atoms with E-state index in [1.54, 1.807) is 11.1 Å². The van der Waals surface area contributed by atoms with E-state index < -0.39 is 0 Å². The molecule has 18 heavy (non-hydrogen) atoms. The molecule has 0 aromatic heterocycles. The van der Waals surface area contributed by atoms with Gasteiger partial charge in [-0.3, -0.25) is 0 Å². The maximum absolute atomic E-state index is 3.63. The van der Waals surface area contributed by atoms with Gasteiger partial charge in [0.2, 0.25) is 0 Å². The molecule has 3 heteroatoms. The summed E-state index contributed by atoms with van der Waals surface area (Å²) in [7, 11) is 0. The molecular weight excluding hydrogens is 258 g/mol. The Hall–Kier alpha value is -0.120. The van der Waals surface area contributed by atoms with Crippen molar-refractivity contribution < 1.29 is 0 Å². The third-order valence-electron chi connectivity index (χ3n) is 3.75. The summed E-state index contributed by atoms with van der Waals surface area (Å²) < 4.78 is 0. The van der Waals surface area contributed by atoms with Crippen molar-refractivity contribution in [2.45, 2.75) is 31.1 Å². The number of hydrogen-bond acceptors (Lipinski definition) is 3. The number of rotatable bonds is 4. The van der Waals surface area contributed by atoms with Crippen LogP contribution in [0.2, 0.25) is 0 Å². The van der Waals surface area contributed by atoms with Crippen molar-refractivity contribution in [2.24, 2.45) is 0 Å². The molecule has 0 amide bonds. The fraction of sp³-hybridized carbons (Fsp3) is 0.600. The Labute approximate surface area is 119 Å². The summed E-state index contributed by atoms with van der Waals surface area (Å²) in [5, 5.41) is 4.45. The molecule has 1 N–H and O–H groups in total. The van der Waals surface area contributed by atoms with Crippen LogP contribution in [-0.4, -0.2) is 29.1 Å². The highest BCUT2D eigenvalue weighted by Crippen LogP contribution is 2.24. The van der Waals surface area contributed by atoms with Gasteiger partial charge in [-0.05, 0) is 36.0 Å². The Kier molecular flexibility index (Phi) is 4.55. The molecular formula is C15H21NS2. The summed E-state index contributed by atoms with van der Waals surface area (Å²) >= 11 is 4.24. The van der Waals surface area contributed by atoms with Gasteiger partial charge in [-0.25, -0.2) is 0 Å². The van der Waals surface area contributed by atoms with Gasteiger partial charge >= 0.3 is 0 Å². The molecule has 1 aliphatic carbocycles. The molecule has 0 spiro atoms. The number of hydrogen-bond donors (Lipinski definition) is 1. The Balaban J connectivity index is 1.48. The molecule has 0 radical (unpaired) electrons. The van der Waals surface area contributed by atoms with Crippen molar-refractivity contribution in [1.29, 1.82) is 0 Å². The largest absolute Gasteiger partial charge is 0.312 e. The fourth-order valence-corrected chi connectivity index (χ4v) is 5.41. The molecule has 1 atom stereocenters. The van der Waals surface area contributed by atoms with E-state index in [2.05, 4.69) is 47.0 Å². The van der Waals surface area contributed by atoms with Crippen molar-refractivity contribution in [3.05, 3.63) is 34.9 Å². The van der Waals surface area contributed by atoms with Gasteiger partial charge in [0.1, 0.15) is 0 Å². The average Bonchev–Trinajstić information content (AvgIpc) is 2.87. The van der Waals surface area contributed by atoms with E-state index in [9.17, 15) is 0 Å². The molecule has 0 bridgehead atoms. The average molecular weight is 279 g/mol. The van der Waals surface area contributed by atoms with Crippen LogP contribution in [-0.2, 0) is 19.4 Å². The molecule has 1 aromatic carbocycles. The second-order valence-corrected chi connectivity index (χ2v) is 7.71. The maximum atomic E-state index is 3.63. The van der Waals surface area contributed by atoms with Gasteiger partial charge in [-0.15, -0.1) is 0 Å². The highest BCUT2D eigenvalue weighted by Gasteiger charge is 2.14. The second kappa shape index (κ2) is 6.36. The summed E-state index contributed by atoms with van der Waals surface area (Å²) in [5.41, 5.74) is 4.64. The van der Waals surface area contributed by atoms with Gasteiger partial charge < -0.3 is 5.32 Å². The normalized spacial score (nSPS) is 23.0. The molecule has 1 saturated heterocycles. The predicted octanol–water partition coefficient (Wildman–Crippen LogP) is 3.11. The highest BCUT2D eigenvalue weighted by atomic mass is 32.2. The van der Waals surface area contributed by atoms with Crippen molar-refractivity contribution in [3.63, 3.8) is 0 Å². The van der Waals surface area contributed by atoms with Gasteiger partial charge in [0.15, 0.2) is 0 Å². The summed E-state index contributed by atoms with van der Waals surface area (Å²) in [5.74, 6) is 3.99. The van der Waals surface area contributed by atoms with E-state index in [-0.39, 0.29) is 0 Å². The predicted molar refractivity (Wildman–Crippen MR) is 83.7 cm³/mol. The van der Waals surface area contributed by atoms with Crippen LogP contribution < -0.4 is 5.32 Å². The Morgan fingerprint density at radius 1 is 1.17 bits per heavy atom. The summed E-state index contributed by atoms with van der Waals surface area (Å²) in [6.07, 6.45) is 3.93. The molecule has 1 heterocycles. The van der Waals surface area contributed by atoms with E-state index in [1.807, 2.05) is 0 Å². The van der Waals surface area contributed by atoms with E-state index in [4.69, 9.17) is 0 Å². The third-order valence-corrected chi connectivity index (χ3v) is 6.59. The van der Waals surface area contributed by atoms with Crippen molar-refractivity contribution in [3.8, 4) is 0 Å². The molecule has 1 nitrogen and oxygen atoms in total. The smallest absolute Gasteiger partial charge is 0.0263 e. The first-order valence-electron chi connectivity index (χ1n) is 6.92. The second-order valence-electron chi connectivity index (χ2n) is 5.16. The lowest BCUT2D eigenvalue weighted by Crippen LogP contribution is -2.28. The lowest BCUT2D eigenvalue weighted by molar-refractivity contribution is 0.686. The van der Waals surface area contributed by atoms with Crippen LogP contribution in [0.3, 0.4) is 0 Å². The van der Waals surface area contributed by atoms with Crippen LogP contribution in [0.25, 0.3) is 0 Å². The molecule has 2 aliphatic rings. The van der Waals surface area contributed by atoms with E-state index >= 15 is 0 Å². The molecule has 3 rings (SSSR count). The minimum Gasteiger partial charge on any atom is -0.312 e. The molecule has 0 saturated carbocycles. The Bertz CT molecular complexity index is 399. The summed E-state index contributed by atoms with van der Waals surface area (Å²) in [6, 6.07) is 7.06. The van der Waals surface area contributed by atoms with Crippen molar-refractivity contribution in [1.82, 2.24) is 5.32 Å². The molecule has 1 aromatic rings. The van der Waals surface area contributed by atoms with Crippen molar-refractivity contribution in [2.75, 3.05) is 23.8 Å². The van der Waals surface area contributed by atoms with Gasteiger partial charge in [-0.1, -0.05) is 18.2 Å². The van der Waals surface area contributed by atoms with Crippen LogP contribution in [0.5, 0.6) is 0 Å². The Morgan fingerprint density at radius 2 is 2.11 bits per heavy atom. The summed E-state index contributed by atoms with van der Waals surface area (Å²) in [6.45, 7) is 2.20. The zero-order valence-corrected chi connectivity index (χ0v) is 12.4. The third kappa shape index (κ3) is 3.25. The number of aryl methyl sites for hydroxylation is 2. The standard InChI is InChI=1S/C15H21NS2/c1-2-13-5-4-12(8-14(13)3-1)9-16-10-15-11-17-6-7-18-15/h4-5,8,15-16H,1-3,6-7,9-11H2.